The number of nitrogens with one attached hydrogen (secondary N) is 2. The lowest BCUT2D eigenvalue weighted by Crippen LogP contribution is -2.29. The molecule has 0 saturated carbocycles. The van der Waals surface area contributed by atoms with Gasteiger partial charge in [-0.2, -0.15) is 0 Å². The van der Waals surface area contributed by atoms with Crippen molar-refractivity contribution < 1.29 is 14.3 Å². The van der Waals surface area contributed by atoms with Crippen LogP contribution in [0.1, 0.15) is 47.8 Å². The number of rotatable bonds is 6. The summed E-state index contributed by atoms with van der Waals surface area (Å²) in [5.41, 5.74) is 2.01. The number of nitrogens with zero attached hydrogens (tertiary/aromatic N) is 3. The van der Waals surface area contributed by atoms with Gasteiger partial charge in [-0.1, -0.05) is 11.3 Å². The van der Waals surface area contributed by atoms with Crippen LogP contribution in [0.2, 0.25) is 0 Å². The van der Waals surface area contributed by atoms with Crippen molar-refractivity contribution in [2.24, 2.45) is 0 Å². The van der Waals surface area contributed by atoms with E-state index >= 15 is 0 Å². The Hall–Kier alpha value is -2.45. The van der Waals surface area contributed by atoms with Gasteiger partial charge in [0.15, 0.2) is 5.69 Å². The number of amides is 1. The molecule has 28 heavy (non-hydrogen) atoms. The fourth-order valence-corrected chi connectivity index (χ4v) is 3.63. The number of carbonyl (C=O) groups excluding carboxylic acids is 1. The molecule has 1 amide bonds. The molecule has 0 radical (unpaired) electrons. The Bertz CT molecular complexity index is 810. The van der Waals surface area contributed by atoms with Gasteiger partial charge in [0.25, 0.3) is 5.91 Å². The Labute approximate surface area is 164 Å². The molecular weight excluding hydrogens is 358 g/mol. The summed E-state index contributed by atoms with van der Waals surface area (Å²) in [4.78, 5) is 12.7. The van der Waals surface area contributed by atoms with Crippen LogP contribution in [-0.4, -0.2) is 53.3 Å². The fourth-order valence-electron chi connectivity index (χ4n) is 3.63. The Morgan fingerprint density at radius 1 is 1.36 bits per heavy atom. The molecular formula is C20H27N5O3. The number of benzene rings is 1. The predicted molar refractivity (Wildman–Crippen MR) is 105 cm³/mol. The molecule has 1 aromatic heterocycles. The van der Waals surface area contributed by atoms with Crippen molar-refractivity contribution >= 4 is 11.6 Å². The van der Waals surface area contributed by atoms with Gasteiger partial charge in [0, 0.05) is 6.61 Å². The van der Waals surface area contributed by atoms with E-state index in [1.807, 2.05) is 25.1 Å². The number of anilines is 1. The lowest BCUT2D eigenvalue weighted by molar-refractivity contribution is 0.0681. The molecule has 2 fully saturated rings. The largest absolute Gasteiger partial charge is 0.489 e. The average Bonchev–Trinajstić information content (AvgIpc) is 3.41. The summed E-state index contributed by atoms with van der Waals surface area (Å²) in [5.74, 6) is 0.362. The molecule has 8 heteroatoms. The van der Waals surface area contributed by atoms with Gasteiger partial charge in [0.05, 0.1) is 24.0 Å². The van der Waals surface area contributed by atoms with E-state index in [1.54, 1.807) is 10.9 Å². The summed E-state index contributed by atoms with van der Waals surface area (Å²) in [6.07, 6.45) is 5.90. The van der Waals surface area contributed by atoms with E-state index in [4.69, 9.17) is 9.47 Å². The van der Waals surface area contributed by atoms with Crippen molar-refractivity contribution in [3.8, 4) is 5.75 Å². The van der Waals surface area contributed by atoms with Crippen molar-refractivity contribution in [2.75, 3.05) is 31.6 Å². The van der Waals surface area contributed by atoms with Crippen molar-refractivity contribution in [2.45, 2.75) is 44.8 Å². The second-order valence-corrected chi connectivity index (χ2v) is 7.46. The van der Waals surface area contributed by atoms with E-state index in [-0.39, 0.29) is 12.0 Å². The molecule has 0 aliphatic carbocycles. The monoisotopic (exact) mass is 385 g/mol. The number of ether oxygens (including phenoxy) is 2. The van der Waals surface area contributed by atoms with Crippen LogP contribution < -0.4 is 15.4 Å². The first-order chi connectivity index (χ1) is 13.7. The van der Waals surface area contributed by atoms with E-state index in [0.717, 1.165) is 50.9 Å². The molecule has 8 nitrogen and oxygen atoms in total. The topological polar surface area (TPSA) is 90.3 Å². The molecule has 3 heterocycles. The number of carbonyl (C=O) groups is 1. The molecule has 2 saturated heterocycles. The van der Waals surface area contributed by atoms with Crippen LogP contribution in [0.25, 0.3) is 0 Å². The van der Waals surface area contributed by atoms with Crippen LogP contribution in [0.5, 0.6) is 5.75 Å². The molecule has 2 aliphatic rings. The van der Waals surface area contributed by atoms with E-state index in [1.165, 1.54) is 0 Å². The minimum Gasteiger partial charge on any atom is -0.489 e. The Morgan fingerprint density at radius 3 is 3.00 bits per heavy atom. The quantitative estimate of drug-likeness (QED) is 0.793. The van der Waals surface area contributed by atoms with Crippen molar-refractivity contribution in [1.29, 1.82) is 0 Å². The molecule has 4 rings (SSSR count). The number of aromatic nitrogens is 3. The first kappa shape index (κ1) is 18.9. The van der Waals surface area contributed by atoms with Crippen molar-refractivity contribution in [3.05, 3.63) is 35.7 Å². The zero-order valence-electron chi connectivity index (χ0n) is 16.2. The van der Waals surface area contributed by atoms with Gasteiger partial charge >= 0.3 is 0 Å². The zero-order valence-corrected chi connectivity index (χ0v) is 16.2. The molecule has 0 spiro atoms. The highest BCUT2D eigenvalue weighted by Crippen LogP contribution is 2.27. The molecule has 2 aliphatic heterocycles. The third-order valence-electron chi connectivity index (χ3n) is 5.26. The summed E-state index contributed by atoms with van der Waals surface area (Å²) in [6, 6.07) is 6.02. The Morgan fingerprint density at radius 2 is 2.21 bits per heavy atom. The molecule has 1 aromatic carbocycles. The molecule has 1 atom stereocenters. The maximum absolute atomic E-state index is 12.7. The third kappa shape index (κ3) is 4.51. The molecule has 2 N–H and O–H groups in total. The number of aryl methyl sites for hydroxylation is 1. The van der Waals surface area contributed by atoms with Gasteiger partial charge in [0.2, 0.25) is 0 Å². The highest BCUT2D eigenvalue weighted by molar-refractivity contribution is 6.03. The van der Waals surface area contributed by atoms with Gasteiger partial charge in [0.1, 0.15) is 12.4 Å². The first-order valence-electron chi connectivity index (χ1n) is 9.98. The van der Waals surface area contributed by atoms with Crippen molar-refractivity contribution in [1.82, 2.24) is 20.3 Å². The molecule has 150 valence electrons. The maximum Gasteiger partial charge on any atom is 0.277 e. The summed E-state index contributed by atoms with van der Waals surface area (Å²) < 4.78 is 13.4. The normalized spacial score (nSPS) is 20.2. The number of hydrogen-bond donors (Lipinski definition) is 2. The standard InChI is InChI=1S/C20H27N5O3/c1-14-4-5-17(19(11-14)28-13-16-3-2-10-27-16)22-20(26)18-12-25(24-23-18)15-6-8-21-9-7-15/h4-5,11-12,15-16,21H,2-3,6-10,13H2,1H3,(H,22,26). The SMILES string of the molecule is Cc1ccc(NC(=O)c2cn(C3CCNCC3)nn2)c(OCC2CCCO2)c1. The van der Waals surface area contributed by atoms with Crippen LogP contribution >= 0.6 is 0 Å². The van der Waals surface area contributed by atoms with E-state index in [2.05, 4.69) is 20.9 Å². The van der Waals surface area contributed by atoms with Gasteiger partial charge < -0.3 is 20.1 Å². The zero-order chi connectivity index (χ0) is 19.3. The minimum atomic E-state index is -0.286. The number of piperidine rings is 1. The smallest absolute Gasteiger partial charge is 0.277 e. The maximum atomic E-state index is 12.7. The lowest BCUT2D eigenvalue weighted by atomic mass is 10.1. The van der Waals surface area contributed by atoms with Crippen LogP contribution in [-0.2, 0) is 4.74 Å². The molecule has 1 unspecified atom stereocenters. The summed E-state index contributed by atoms with van der Waals surface area (Å²) in [5, 5.41) is 14.5. The molecule has 2 aromatic rings. The predicted octanol–water partition coefficient (Wildman–Crippen LogP) is 2.32. The van der Waals surface area contributed by atoms with Gasteiger partial charge in [-0.25, -0.2) is 4.68 Å². The van der Waals surface area contributed by atoms with Crippen LogP contribution in [0, 0.1) is 6.92 Å². The third-order valence-corrected chi connectivity index (χ3v) is 5.26. The van der Waals surface area contributed by atoms with Crippen LogP contribution in [0.3, 0.4) is 0 Å². The van der Waals surface area contributed by atoms with Gasteiger partial charge in [-0.3, -0.25) is 4.79 Å². The second kappa shape index (κ2) is 8.70. The van der Waals surface area contributed by atoms with E-state index in [0.29, 0.717) is 29.8 Å². The Balaban J connectivity index is 1.42. The minimum absolute atomic E-state index is 0.119. The Kier molecular flexibility index (Phi) is 5.87. The number of hydrogen-bond acceptors (Lipinski definition) is 6. The van der Waals surface area contributed by atoms with Gasteiger partial charge in [-0.15, -0.1) is 5.10 Å². The fraction of sp³-hybridized carbons (Fsp3) is 0.550. The highest BCUT2D eigenvalue weighted by Gasteiger charge is 2.20. The van der Waals surface area contributed by atoms with Crippen LogP contribution in [0.4, 0.5) is 5.69 Å². The lowest BCUT2D eigenvalue weighted by Gasteiger charge is -2.22. The van der Waals surface area contributed by atoms with Crippen LogP contribution in [0.15, 0.2) is 24.4 Å². The second-order valence-electron chi connectivity index (χ2n) is 7.46. The summed E-state index contributed by atoms with van der Waals surface area (Å²) >= 11 is 0. The van der Waals surface area contributed by atoms with E-state index in [9.17, 15) is 4.79 Å². The highest BCUT2D eigenvalue weighted by atomic mass is 16.5. The van der Waals surface area contributed by atoms with Crippen molar-refractivity contribution in [3.63, 3.8) is 0 Å². The summed E-state index contributed by atoms with van der Waals surface area (Å²) in [7, 11) is 0. The van der Waals surface area contributed by atoms with E-state index < -0.39 is 0 Å². The van der Waals surface area contributed by atoms with Gasteiger partial charge in [-0.05, 0) is 63.4 Å². The molecule has 0 bridgehead atoms. The average molecular weight is 385 g/mol. The first-order valence-corrected chi connectivity index (χ1v) is 9.98. The summed E-state index contributed by atoms with van der Waals surface area (Å²) in [6.45, 7) is 5.19.